The molecule has 0 aliphatic carbocycles. The number of rotatable bonds is 5. The summed E-state index contributed by atoms with van der Waals surface area (Å²) in [5, 5.41) is 0. The summed E-state index contributed by atoms with van der Waals surface area (Å²) < 4.78 is 31.7. The molecule has 0 saturated carbocycles. The van der Waals surface area contributed by atoms with Crippen LogP contribution in [0.2, 0.25) is 0 Å². The summed E-state index contributed by atoms with van der Waals surface area (Å²) >= 11 is 0. The van der Waals surface area contributed by atoms with Crippen molar-refractivity contribution in [3.05, 3.63) is 66.3 Å². The number of anilines is 1. The predicted molar refractivity (Wildman–Crippen MR) is 101 cm³/mol. The van der Waals surface area contributed by atoms with Crippen molar-refractivity contribution < 1.29 is 8.78 Å². The first-order valence-corrected chi connectivity index (χ1v) is 8.78. The van der Waals surface area contributed by atoms with Crippen LogP contribution in [0.25, 0.3) is 22.4 Å². The van der Waals surface area contributed by atoms with E-state index >= 15 is 0 Å². The number of nitrogen functional groups attached to an aromatic ring is 1. The molecule has 0 aliphatic heterocycles. The van der Waals surface area contributed by atoms with Gasteiger partial charge < -0.3 is 14.9 Å². The summed E-state index contributed by atoms with van der Waals surface area (Å²) in [5.74, 6) is 0.156. The van der Waals surface area contributed by atoms with Crippen LogP contribution in [0.5, 0.6) is 0 Å². The van der Waals surface area contributed by atoms with Gasteiger partial charge in [0.25, 0.3) is 0 Å². The number of imidazole rings is 2. The molecule has 0 unspecified atom stereocenters. The lowest BCUT2D eigenvalue weighted by atomic mass is 10.2. The fraction of sp³-hybridized carbons (Fsp3) is 0.200. The van der Waals surface area contributed by atoms with Gasteiger partial charge in [0.05, 0.1) is 23.1 Å². The zero-order chi connectivity index (χ0) is 19.0. The van der Waals surface area contributed by atoms with Crippen LogP contribution < -0.4 is 5.73 Å². The van der Waals surface area contributed by atoms with Crippen molar-refractivity contribution in [3.63, 3.8) is 0 Å². The van der Waals surface area contributed by atoms with Gasteiger partial charge in [0.15, 0.2) is 0 Å². The minimum atomic E-state index is -0.515. The summed E-state index contributed by atoms with van der Waals surface area (Å²) in [4.78, 5) is 8.94. The smallest absolute Gasteiger partial charge is 0.143 e. The fourth-order valence-corrected chi connectivity index (χ4v) is 3.29. The summed E-state index contributed by atoms with van der Waals surface area (Å²) in [6, 6.07) is 9.01. The normalized spacial score (nSPS) is 11.4. The van der Waals surface area contributed by atoms with E-state index in [0.717, 1.165) is 48.0 Å². The summed E-state index contributed by atoms with van der Waals surface area (Å²) in [6.45, 7) is 3.28. The van der Waals surface area contributed by atoms with Crippen LogP contribution in [-0.2, 0) is 13.1 Å². The molecule has 5 nitrogen and oxygen atoms in total. The van der Waals surface area contributed by atoms with Crippen molar-refractivity contribution in [1.29, 1.82) is 0 Å². The largest absolute Gasteiger partial charge is 0.399 e. The molecule has 0 fully saturated rings. The standard InChI is InChI=1S/C20H19F2N5/c1-2-8-27-18-6-4-14(23)11-17(18)25-19(27)12-26-9-7-24-20(26)15-10-13(21)3-5-16(15)22/h3-7,9-11H,2,8,12,23H2,1H3. The number of hydrogen-bond donors (Lipinski definition) is 1. The maximum Gasteiger partial charge on any atom is 0.143 e. The molecular weight excluding hydrogens is 348 g/mol. The molecule has 0 saturated heterocycles. The lowest BCUT2D eigenvalue weighted by Gasteiger charge is -2.11. The Balaban J connectivity index is 1.79. The van der Waals surface area contributed by atoms with Gasteiger partial charge in [-0.2, -0.15) is 0 Å². The minimum Gasteiger partial charge on any atom is -0.399 e. The lowest BCUT2D eigenvalue weighted by Crippen LogP contribution is -2.10. The third-order valence-electron chi connectivity index (χ3n) is 4.50. The van der Waals surface area contributed by atoms with E-state index in [1.165, 1.54) is 0 Å². The number of halogens is 2. The molecule has 0 atom stereocenters. The number of nitrogens with zero attached hydrogens (tertiary/aromatic N) is 4. The van der Waals surface area contributed by atoms with E-state index in [2.05, 4.69) is 16.5 Å². The van der Waals surface area contributed by atoms with Gasteiger partial charge >= 0.3 is 0 Å². The van der Waals surface area contributed by atoms with E-state index in [0.29, 0.717) is 18.1 Å². The monoisotopic (exact) mass is 367 g/mol. The summed E-state index contributed by atoms with van der Waals surface area (Å²) in [6.07, 6.45) is 4.26. The topological polar surface area (TPSA) is 61.7 Å². The lowest BCUT2D eigenvalue weighted by molar-refractivity contribution is 0.598. The van der Waals surface area contributed by atoms with Crippen LogP contribution in [0, 0.1) is 11.6 Å². The van der Waals surface area contributed by atoms with Gasteiger partial charge in [-0.1, -0.05) is 6.92 Å². The molecular formula is C20H19F2N5. The van der Waals surface area contributed by atoms with E-state index in [9.17, 15) is 8.78 Å². The SMILES string of the molecule is CCCn1c(Cn2ccnc2-c2cc(F)ccc2F)nc2cc(N)ccc21. The van der Waals surface area contributed by atoms with Crippen molar-refractivity contribution in [2.75, 3.05) is 5.73 Å². The second kappa shape index (κ2) is 6.83. The van der Waals surface area contributed by atoms with Crippen molar-refractivity contribution in [1.82, 2.24) is 19.1 Å². The predicted octanol–water partition coefficient (Wildman–Crippen LogP) is 4.22. The van der Waals surface area contributed by atoms with Gasteiger partial charge in [-0.25, -0.2) is 18.7 Å². The Morgan fingerprint density at radius 2 is 1.96 bits per heavy atom. The van der Waals surface area contributed by atoms with Crippen molar-refractivity contribution in [3.8, 4) is 11.4 Å². The molecule has 4 aromatic rings. The van der Waals surface area contributed by atoms with E-state index in [1.54, 1.807) is 17.0 Å². The van der Waals surface area contributed by atoms with Crippen LogP contribution in [0.3, 0.4) is 0 Å². The molecule has 0 spiro atoms. The molecule has 2 heterocycles. The third-order valence-corrected chi connectivity index (χ3v) is 4.50. The molecule has 7 heteroatoms. The highest BCUT2D eigenvalue weighted by Crippen LogP contribution is 2.25. The molecule has 0 amide bonds. The van der Waals surface area contributed by atoms with Crippen molar-refractivity contribution in [2.45, 2.75) is 26.4 Å². The zero-order valence-electron chi connectivity index (χ0n) is 14.9. The Hall–Kier alpha value is -3.22. The Labute approximate surface area is 155 Å². The highest BCUT2D eigenvalue weighted by atomic mass is 19.1. The number of fused-ring (bicyclic) bond motifs is 1. The molecule has 0 aliphatic rings. The van der Waals surface area contributed by atoms with Gasteiger partial charge in [-0.15, -0.1) is 0 Å². The minimum absolute atomic E-state index is 0.127. The number of hydrogen-bond acceptors (Lipinski definition) is 3. The number of aryl methyl sites for hydroxylation is 1. The van der Waals surface area contributed by atoms with Crippen LogP contribution in [0.4, 0.5) is 14.5 Å². The maximum atomic E-state index is 14.2. The first-order chi connectivity index (χ1) is 13.1. The van der Waals surface area contributed by atoms with E-state index in [4.69, 9.17) is 10.7 Å². The van der Waals surface area contributed by atoms with Crippen LogP contribution in [0.15, 0.2) is 48.8 Å². The molecule has 0 bridgehead atoms. The van der Waals surface area contributed by atoms with Gasteiger partial charge in [0.1, 0.15) is 23.3 Å². The average Bonchev–Trinajstić information content (AvgIpc) is 3.22. The fourth-order valence-electron chi connectivity index (χ4n) is 3.29. The second-order valence-corrected chi connectivity index (χ2v) is 6.43. The number of nitrogens with two attached hydrogens (primary N) is 1. The number of benzene rings is 2. The molecule has 2 aromatic heterocycles. The quantitative estimate of drug-likeness (QED) is 0.537. The van der Waals surface area contributed by atoms with E-state index in [-0.39, 0.29) is 5.56 Å². The summed E-state index contributed by atoms with van der Waals surface area (Å²) in [5.41, 5.74) is 8.48. The molecule has 0 radical (unpaired) electrons. The van der Waals surface area contributed by atoms with Crippen LogP contribution in [-0.4, -0.2) is 19.1 Å². The van der Waals surface area contributed by atoms with Crippen LogP contribution >= 0.6 is 0 Å². The molecule has 4 rings (SSSR count). The molecule has 2 aromatic carbocycles. The summed E-state index contributed by atoms with van der Waals surface area (Å²) in [7, 11) is 0. The number of aromatic nitrogens is 4. The Bertz CT molecular complexity index is 1110. The molecule has 2 N–H and O–H groups in total. The van der Waals surface area contributed by atoms with Gasteiger partial charge in [0, 0.05) is 24.6 Å². The Kier molecular flexibility index (Phi) is 4.35. The Morgan fingerprint density at radius 3 is 2.78 bits per heavy atom. The van der Waals surface area contributed by atoms with E-state index < -0.39 is 11.6 Å². The highest BCUT2D eigenvalue weighted by molar-refractivity contribution is 5.79. The van der Waals surface area contributed by atoms with Crippen LogP contribution in [0.1, 0.15) is 19.2 Å². The van der Waals surface area contributed by atoms with Crippen molar-refractivity contribution >= 4 is 16.7 Å². The molecule has 27 heavy (non-hydrogen) atoms. The molecule has 138 valence electrons. The third kappa shape index (κ3) is 3.16. The van der Waals surface area contributed by atoms with Gasteiger partial charge in [-0.3, -0.25) is 0 Å². The van der Waals surface area contributed by atoms with Gasteiger partial charge in [-0.05, 0) is 42.8 Å². The maximum absolute atomic E-state index is 14.2. The van der Waals surface area contributed by atoms with E-state index in [1.807, 2.05) is 18.2 Å². The van der Waals surface area contributed by atoms with Crippen molar-refractivity contribution in [2.24, 2.45) is 0 Å². The Morgan fingerprint density at radius 1 is 1.11 bits per heavy atom. The average molecular weight is 367 g/mol. The highest BCUT2D eigenvalue weighted by Gasteiger charge is 2.16. The first-order valence-electron chi connectivity index (χ1n) is 8.78. The first kappa shape index (κ1) is 17.2. The second-order valence-electron chi connectivity index (χ2n) is 6.43. The van der Waals surface area contributed by atoms with Gasteiger partial charge in [0.2, 0.25) is 0 Å². The zero-order valence-corrected chi connectivity index (χ0v) is 14.9.